The standard InChI is InChI=1S/C10H14N8S/c1-2-7-16-8(18-13)4-9(17-7)19-10-14-5(11)3-6(12)15-10/h3-4H,2,13H2,1H3,(H,16,17,18)(H4,11,12,14,15). The molecule has 0 aliphatic rings. The molecule has 2 aromatic rings. The second kappa shape index (κ2) is 5.67. The van der Waals surface area contributed by atoms with Gasteiger partial charge in [-0.3, -0.25) is 0 Å². The number of hydrogen-bond donors (Lipinski definition) is 4. The van der Waals surface area contributed by atoms with E-state index in [-0.39, 0.29) is 0 Å². The zero-order chi connectivity index (χ0) is 13.8. The maximum Gasteiger partial charge on any atom is 0.197 e. The molecule has 2 aromatic heterocycles. The SMILES string of the molecule is CCc1nc(NN)cc(Sc2nc(N)cc(N)n2)n1. The predicted molar refractivity (Wildman–Crippen MR) is 74.2 cm³/mol. The summed E-state index contributed by atoms with van der Waals surface area (Å²) in [6.07, 6.45) is 0.697. The van der Waals surface area contributed by atoms with Gasteiger partial charge in [0.15, 0.2) is 5.16 Å². The summed E-state index contributed by atoms with van der Waals surface area (Å²) in [6.45, 7) is 1.96. The molecule has 2 heterocycles. The molecule has 19 heavy (non-hydrogen) atoms. The predicted octanol–water partition coefficient (Wildman–Crippen LogP) is 0.430. The summed E-state index contributed by atoms with van der Waals surface area (Å²) in [7, 11) is 0. The minimum Gasteiger partial charge on any atom is -0.383 e. The molecule has 0 aliphatic carbocycles. The summed E-state index contributed by atoms with van der Waals surface area (Å²) >= 11 is 1.25. The molecule has 7 N–H and O–H groups in total. The van der Waals surface area contributed by atoms with Crippen LogP contribution in [0.3, 0.4) is 0 Å². The number of aryl methyl sites for hydroxylation is 1. The number of hydrogen-bond acceptors (Lipinski definition) is 9. The van der Waals surface area contributed by atoms with E-state index in [9.17, 15) is 0 Å². The van der Waals surface area contributed by atoms with Crippen molar-refractivity contribution in [2.24, 2.45) is 5.84 Å². The highest BCUT2D eigenvalue weighted by Gasteiger charge is 2.08. The van der Waals surface area contributed by atoms with E-state index in [2.05, 4.69) is 25.4 Å². The summed E-state index contributed by atoms with van der Waals surface area (Å²) in [4.78, 5) is 16.7. The van der Waals surface area contributed by atoms with Gasteiger partial charge in [-0.05, 0) is 11.8 Å². The molecule has 0 saturated heterocycles. The van der Waals surface area contributed by atoms with Gasteiger partial charge in [-0.1, -0.05) is 6.92 Å². The fraction of sp³-hybridized carbons (Fsp3) is 0.200. The van der Waals surface area contributed by atoms with E-state index in [0.717, 1.165) is 0 Å². The lowest BCUT2D eigenvalue weighted by atomic mass is 10.4. The normalized spacial score (nSPS) is 10.4. The van der Waals surface area contributed by atoms with Crippen molar-refractivity contribution >= 4 is 29.2 Å². The zero-order valence-electron chi connectivity index (χ0n) is 10.3. The molecule has 0 bridgehead atoms. The van der Waals surface area contributed by atoms with Gasteiger partial charge in [-0.2, -0.15) is 0 Å². The van der Waals surface area contributed by atoms with Gasteiger partial charge < -0.3 is 16.9 Å². The van der Waals surface area contributed by atoms with Gasteiger partial charge in [0, 0.05) is 18.6 Å². The third-order valence-electron chi connectivity index (χ3n) is 2.15. The number of nitrogens with zero attached hydrogens (tertiary/aromatic N) is 4. The molecule has 0 radical (unpaired) electrons. The number of hydrazine groups is 1. The first-order valence-corrected chi connectivity index (χ1v) is 6.34. The summed E-state index contributed by atoms with van der Waals surface area (Å²) in [5.41, 5.74) is 13.7. The summed E-state index contributed by atoms with van der Waals surface area (Å²) in [5.74, 6) is 7.21. The Morgan fingerprint density at radius 1 is 1.11 bits per heavy atom. The molecular weight excluding hydrogens is 264 g/mol. The van der Waals surface area contributed by atoms with E-state index < -0.39 is 0 Å². The van der Waals surface area contributed by atoms with Crippen molar-refractivity contribution in [2.75, 3.05) is 16.9 Å². The molecule has 0 spiro atoms. The molecule has 8 nitrogen and oxygen atoms in total. The van der Waals surface area contributed by atoms with Gasteiger partial charge in [-0.15, -0.1) is 0 Å². The molecule has 100 valence electrons. The van der Waals surface area contributed by atoms with Crippen LogP contribution in [0.5, 0.6) is 0 Å². The van der Waals surface area contributed by atoms with Crippen molar-refractivity contribution in [1.82, 2.24) is 19.9 Å². The number of anilines is 3. The van der Waals surface area contributed by atoms with Gasteiger partial charge in [0.05, 0.1) is 0 Å². The Morgan fingerprint density at radius 3 is 2.37 bits per heavy atom. The maximum absolute atomic E-state index is 5.62. The van der Waals surface area contributed by atoms with Crippen molar-refractivity contribution in [3.05, 3.63) is 18.0 Å². The Labute approximate surface area is 114 Å². The largest absolute Gasteiger partial charge is 0.383 e. The van der Waals surface area contributed by atoms with Gasteiger partial charge >= 0.3 is 0 Å². The number of nitrogen functional groups attached to an aromatic ring is 3. The minimum absolute atomic E-state index is 0.317. The monoisotopic (exact) mass is 278 g/mol. The van der Waals surface area contributed by atoms with Gasteiger partial charge in [0.25, 0.3) is 0 Å². The van der Waals surface area contributed by atoms with Gasteiger partial charge in [0.2, 0.25) is 0 Å². The van der Waals surface area contributed by atoms with Crippen LogP contribution in [-0.4, -0.2) is 19.9 Å². The summed E-state index contributed by atoms with van der Waals surface area (Å²) < 4.78 is 0. The van der Waals surface area contributed by atoms with Crippen LogP contribution >= 0.6 is 11.8 Å². The first-order chi connectivity index (χ1) is 9.10. The van der Waals surface area contributed by atoms with Crippen molar-refractivity contribution in [3.63, 3.8) is 0 Å². The van der Waals surface area contributed by atoms with Crippen LogP contribution in [0.4, 0.5) is 17.5 Å². The van der Waals surface area contributed by atoms with E-state index in [1.807, 2.05) is 6.92 Å². The van der Waals surface area contributed by atoms with Crippen molar-refractivity contribution in [3.8, 4) is 0 Å². The fourth-order valence-corrected chi connectivity index (χ4v) is 2.17. The average Bonchev–Trinajstić information content (AvgIpc) is 2.37. The van der Waals surface area contributed by atoms with Crippen LogP contribution in [0.25, 0.3) is 0 Å². The Morgan fingerprint density at radius 2 is 1.79 bits per heavy atom. The highest BCUT2D eigenvalue weighted by Crippen LogP contribution is 2.25. The molecule has 0 fully saturated rings. The van der Waals surface area contributed by atoms with E-state index in [4.69, 9.17) is 17.3 Å². The van der Waals surface area contributed by atoms with E-state index in [1.165, 1.54) is 17.8 Å². The number of nitrogens with one attached hydrogen (secondary N) is 1. The molecular formula is C10H14N8S. The van der Waals surface area contributed by atoms with E-state index >= 15 is 0 Å². The third-order valence-corrected chi connectivity index (χ3v) is 2.94. The lowest BCUT2D eigenvalue weighted by molar-refractivity contribution is 0.883. The van der Waals surface area contributed by atoms with Gasteiger partial charge in [-0.25, -0.2) is 25.8 Å². The van der Waals surface area contributed by atoms with Gasteiger partial charge in [0.1, 0.15) is 28.3 Å². The lowest BCUT2D eigenvalue weighted by Crippen LogP contribution is -2.10. The Hall–Kier alpha value is -2.13. The van der Waals surface area contributed by atoms with Crippen molar-refractivity contribution in [1.29, 1.82) is 0 Å². The Bertz CT molecular complexity index is 545. The first kappa shape index (κ1) is 13.3. The summed E-state index contributed by atoms with van der Waals surface area (Å²) in [6, 6.07) is 3.20. The molecule has 0 aliphatic heterocycles. The number of aromatic nitrogens is 4. The molecule has 0 saturated carbocycles. The van der Waals surface area contributed by atoms with Crippen LogP contribution in [-0.2, 0) is 6.42 Å². The van der Waals surface area contributed by atoms with Crippen LogP contribution in [0.15, 0.2) is 22.3 Å². The second-order valence-electron chi connectivity index (χ2n) is 3.61. The molecule has 0 unspecified atom stereocenters. The van der Waals surface area contributed by atoms with E-state index in [0.29, 0.717) is 39.9 Å². The third kappa shape index (κ3) is 3.42. The lowest BCUT2D eigenvalue weighted by Gasteiger charge is -2.06. The second-order valence-corrected chi connectivity index (χ2v) is 4.60. The Balaban J connectivity index is 2.31. The van der Waals surface area contributed by atoms with Crippen LogP contribution in [0.2, 0.25) is 0 Å². The topological polar surface area (TPSA) is 142 Å². The minimum atomic E-state index is 0.317. The quantitative estimate of drug-likeness (QED) is 0.271. The first-order valence-electron chi connectivity index (χ1n) is 5.53. The molecule has 9 heteroatoms. The summed E-state index contributed by atoms with van der Waals surface area (Å²) in [5, 5.41) is 1.10. The van der Waals surface area contributed by atoms with Crippen molar-refractivity contribution in [2.45, 2.75) is 23.5 Å². The number of nitrogens with two attached hydrogens (primary N) is 3. The molecule has 0 atom stereocenters. The average molecular weight is 278 g/mol. The highest BCUT2D eigenvalue weighted by molar-refractivity contribution is 7.99. The zero-order valence-corrected chi connectivity index (χ0v) is 11.1. The maximum atomic E-state index is 5.62. The van der Waals surface area contributed by atoms with Crippen LogP contribution in [0.1, 0.15) is 12.7 Å². The van der Waals surface area contributed by atoms with Crippen LogP contribution < -0.4 is 22.7 Å². The molecule has 0 amide bonds. The molecule has 2 rings (SSSR count). The van der Waals surface area contributed by atoms with E-state index in [1.54, 1.807) is 6.07 Å². The highest BCUT2D eigenvalue weighted by atomic mass is 32.2. The van der Waals surface area contributed by atoms with Crippen LogP contribution in [0, 0.1) is 0 Å². The smallest absolute Gasteiger partial charge is 0.197 e. The molecule has 0 aromatic carbocycles. The number of rotatable bonds is 4. The fourth-order valence-electron chi connectivity index (χ4n) is 1.36. The van der Waals surface area contributed by atoms with Crippen molar-refractivity contribution < 1.29 is 0 Å². The Kier molecular flexibility index (Phi) is 3.97.